The molecular weight excluding hydrogens is 252 g/mol. The lowest BCUT2D eigenvalue weighted by molar-refractivity contribution is -0.130. The van der Waals surface area contributed by atoms with Crippen LogP contribution in [-0.2, 0) is 4.79 Å². The third-order valence-electron chi connectivity index (χ3n) is 3.16. The summed E-state index contributed by atoms with van der Waals surface area (Å²) in [4.78, 5) is 16.1. The van der Waals surface area contributed by atoms with Crippen molar-refractivity contribution in [3.8, 4) is 0 Å². The van der Waals surface area contributed by atoms with Crippen molar-refractivity contribution in [1.29, 1.82) is 0 Å². The summed E-state index contributed by atoms with van der Waals surface area (Å²) in [5.41, 5.74) is 2.34. The molecule has 2 atom stereocenters. The zero-order valence-electron chi connectivity index (χ0n) is 11.6. The van der Waals surface area contributed by atoms with E-state index in [-0.39, 0.29) is 6.04 Å². The standard InChI is InChI=1S/C16H18N2O2/c1-11-8-9-14(10-17-11)15(19)16(20)18-12(2)13-6-4-3-5-7-13/h3-10,12,15,19H,1-2H3,(H,18,20)/t12-,15-/m0/s1. The van der Waals surface area contributed by atoms with Gasteiger partial charge in [0, 0.05) is 17.5 Å². The first-order chi connectivity index (χ1) is 9.58. The number of hydrogen-bond acceptors (Lipinski definition) is 3. The van der Waals surface area contributed by atoms with E-state index >= 15 is 0 Å². The van der Waals surface area contributed by atoms with E-state index in [1.165, 1.54) is 6.20 Å². The highest BCUT2D eigenvalue weighted by molar-refractivity contribution is 5.82. The molecular formula is C16H18N2O2. The molecule has 0 aliphatic rings. The summed E-state index contributed by atoms with van der Waals surface area (Å²) in [6.07, 6.45) is 0.321. The molecule has 4 nitrogen and oxygen atoms in total. The molecule has 0 saturated carbocycles. The zero-order valence-corrected chi connectivity index (χ0v) is 11.6. The van der Waals surface area contributed by atoms with Gasteiger partial charge < -0.3 is 10.4 Å². The smallest absolute Gasteiger partial charge is 0.254 e. The minimum absolute atomic E-state index is 0.156. The van der Waals surface area contributed by atoms with Gasteiger partial charge in [-0.1, -0.05) is 36.4 Å². The third-order valence-corrected chi connectivity index (χ3v) is 3.16. The Morgan fingerprint density at radius 3 is 2.45 bits per heavy atom. The Morgan fingerprint density at radius 1 is 1.15 bits per heavy atom. The molecule has 20 heavy (non-hydrogen) atoms. The molecule has 0 aliphatic carbocycles. The van der Waals surface area contributed by atoms with E-state index in [4.69, 9.17) is 0 Å². The van der Waals surface area contributed by atoms with Crippen LogP contribution in [0.1, 0.15) is 35.9 Å². The first-order valence-corrected chi connectivity index (χ1v) is 6.54. The highest BCUT2D eigenvalue weighted by Gasteiger charge is 2.19. The zero-order chi connectivity index (χ0) is 14.5. The number of aromatic nitrogens is 1. The number of aliphatic hydroxyl groups is 1. The molecule has 0 bridgehead atoms. The average molecular weight is 270 g/mol. The molecule has 104 valence electrons. The van der Waals surface area contributed by atoms with Crippen molar-refractivity contribution in [3.63, 3.8) is 0 Å². The number of pyridine rings is 1. The highest BCUT2D eigenvalue weighted by atomic mass is 16.3. The number of carbonyl (C=O) groups excluding carboxylic acids is 1. The van der Waals surface area contributed by atoms with E-state index < -0.39 is 12.0 Å². The molecule has 2 aromatic rings. The lowest BCUT2D eigenvalue weighted by Gasteiger charge is -2.17. The van der Waals surface area contributed by atoms with Crippen molar-refractivity contribution in [1.82, 2.24) is 10.3 Å². The van der Waals surface area contributed by atoms with Crippen LogP contribution in [0.2, 0.25) is 0 Å². The fourth-order valence-electron chi connectivity index (χ4n) is 1.91. The van der Waals surface area contributed by atoms with Crippen LogP contribution in [0.15, 0.2) is 48.7 Å². The minimum atomic E-state index is -1.20. The maximum Gasteiger partial charge on any atom is 0.254 e. The van der Waals surface area contributed by atoms with Crippen molar-refractivity contribution in [2.75, 3.05) is 0 Å². The molecule has 2 rings (SSSR count). The Hall–Kier alpha value is -2.20. The molecule has 1 aromatic heterocycles. The quantitative estimate of drug-likeness (QED) is 0.896. The Kier molecular flexibility index (Phi) is 4.48. The van der Waals surface area contributed by atoms with Gasteiger partial charge in [-0.15, -0.1) is 0 Å². The molecule has 4 heteroatoms. The van der Waals surface area contributed by atoms with Crippen molar-refractivity contribution in [3.05, 3.63) is 65.5 Å². The molecule has 1 amide bonds. The van der Waals surface area contributed by atoms with Gasteiger partial charge in [-0.3, -0.25) is 9.78 Å². The highest BCUT2D eigenvalue weighted by Crippen LogP contribution is 2.16. The Labute approximate surface area is 118 Å². The SMILES string of the molecule is Cc1ccc([C@H](O)C(=O)N[C@@H](C)c2ccccc2)cn1. The number of hydrogen-bond donors (Lipinski definition) is 2. The first kappa shape index (κ1) is 14.2. The van der Waals surface area contributed by atoms with Crippen molar-refractivity contribution >= 4 is 5.91 Å². The van der Waals surface area contributed by atoms with E-state index in [9.17, 15) is 9.90 Å². The predicted octanol–water partition coefficient (Wildman–Crippen LogP) is 2.30. The summed E-state index contributed by atoms with van der Waals surface area (Å²) < 4.78 is 0. The van der Waals surface area contributed by atoms with Gasteiger partial charge in [0.25, 0.3) is 5.91 Å². The number of nitrogens with zero attached hydrogens (tertiary/aromatic N) is 1. The van der Waals surface area contributed by atoms with Gasteiger partial charge >= 0.3 is 0 Å². The molecule has 0 aliphatic heterocycles. The van der Waals surface area contributed by atoms with E-state index in [0.29, 0.717) is 5.56 Å². The second-order valence-corrected chi connectivity index (χ2v) is 4.78. The van der Waals surface area contributed by atoms with Crippen LogP contribution >= 0.6 is 0 Å². The van der Waals surface area contributed by atoms with Crippen LogP contribution in [0.4, 0.5) is 0 Å². The topological polar surface area (TPSA) is 62.2 Å². The summed E-state index contributed by atoms with van der Waals surface area (Å²) in [7, 11) is 0. The van der Waals surface area contributed by atoms with Gasteiger partial charge in [0.2, 0.25) is 0 Å². The largest absolute Gasteiger partial charge is 0.378 e. The Balaban J connectivity index is 2.02. The van der Waals surface area contributed by atoms with Crippen LogP contribution in [-0.4, -0.2) is 16.0 Å². The molecule has 1 heterocycles. The summed E-state index contributed by atoms with van der Waals surface area (Å²) >= 11 is 0. The van der Waals surface area contributed by atoms with Crippen LogP contribution < -0.4 is 5.32 Å². The van der Waals surface area contributed by atoms with Gasteiger partial charge in [0.1, 0.15) is 0 Å². The van der Waals surface area contributed by atoms with Gasteiger partial charge in [-0.05, 0) is 25.5 Å². The number of amides is 1. The van der Waals surface area contributed by atoms with Crippen molar-refractivity contribution < 1.29 is 9.90 Å². The maximum absolute atomic E-state index is 12.0. The monoisotopic (exact) mass is 270 g/mol. The number of aryl methyl sites for hydroxylation is 1. The minimum Gasteiger partial charge on any atom is -0.378 e. The van der Waals surface area contributed by atoms with Crippen LogP contribution in [0.25, 0.3) is 0 Å². The molecule has 0 saturated heterocycles. The molecule has 0 spiro atoms. The predicted molar refractivity (Wildman–Crippen MR) is 76.9 cm³/mol. The van der Waals surface area contributed by atoms with Crippen molar-refractivity contribution in [2.24, 2.45) is 0 Å². The van der Waals surface area contributed by atoms with Gasteiger partial charge in [-0.25, -0.2) is 0 Å². The van der Waals surface area contributed by atoms with Crippen LogP contribution in [0, 0.1) is 6.92 Å². The average Bonchev–Trinajstić information content (AvgIpc) is 2.48. The number of benzene rings is 1. The second kappa shape index (κ2) is 6.30. The molecule has 0 fully saturated rings. The van der Waals surface area contributed by atoms with E-state index in [0.717, 1.165) is 11.3 Å². The molecule has 2 N–H and O–H groups in total. The Bertz CT molecular complexity index is 567. The molecule has 0 radical (unpaired) electrons. The van der Waals surface area contributed by atoms with Gasteiger partial charge in [0.05, 0.1) is 6.04 Å². The molecule has 0 unspecified atom stereocenters. The maximum atomic E-state index is 12.0. The number of aliphatic hydroxyl groups excluding tert-OH is 1. The molecule has 1 aromatic carbocycles. The lowest BCUT2D eigenvalue weighted by Crippen LogP contribution is -2.31. The normalized spacial score (nSPS) is 13.6. The van der Waals surface area contributed by atoms with Gasteiger partial charge in [-0.2, -0.15) is 0 Å². The fourth-order valence-corrected chi connectivity index (χ4v) is 1.91. The number of rotatable bonds is 4. The third kappa shape index (κ3) is 3.42. The Morgan fingerprint density at radius 2 is 1.85 bits per heavy atom. The lowest BCUT2D eigenvalue weighted by atomic mass is 10.1. The first-order valence-electron chi connectivity index (χ1n) is 6.54. The summed E-state index contributed by atoms with van der Waals surface area (Å²) in [6.45, 7) is 3.74. The number of carbonyl (C=O) groups is 1. The van der Waals surface area contributed by atoms with E-state index in [1.807, 2.05) is 44.2 Å². The summed E-state index contributed by atoms with van der Waals surface area (Å²) in [6, 6.07) is 12.9. The second-order valence-electron chi connectivity index (χ2n) is 4.78. The van der Waals surface area contributed by atoms with Crippen LogP contribution in [0.5, 0.6) is 0 Å². The van der Waals surface area contributed by atoms with E-state index in [1.54, 1.807) is 12.1 Å². The summed E-state index contributed by atoms with van der Waals surface area (Å²) in [5.74, 6) is -0.424. The van der Waals surface area contributed by atoms with E-state index in [2.05, 4.69) is 10.3 Å². The van der Waals surface area contributed by atoms with Gasteiger partial charge in [0.15, 0.2) is 6.10 Å². The number of nitrogens with one attached hydrogen (secondary N) is 1. The van der Waals surface area contributed by atoms with Crippen molar-refractivity contribution in [2.45, 2.75) is 26.0 Å². The van der Waals surface area contributed by atoms with Crippen LogP contribution in [0.3, 0.4) is 0 Å². The summed E-state index contributed by atoms with van der Waals surface area (Å²) in [5, 5.41) is 12.8. The fraction of sp³-hybridized carbons (Fsp3) is 0.250.